The molecule has 31 heavy (non-hydrogen) atoms. The predicted molar refractivity (Wildman–Crippen MR) is 112 cm³/mol. The molecule has 0 amide bonds. The van der Waals surface area contributed by atoms with E-state index in [0.717, 1.165) is 50.6 Å². The number of anilines is 2. The minimum atomic E-state index is -4.73. The van der Waals surface area contributed by atoms with Crippen molar-refractivity contribution in [3.8, 4) is 0 Å². The van der Waals surface area contributed by atoms with Crippen molar-refractivity contribution in [1.29, 1.82) is 0 Å². The topological polar surface area (TPSA) is 65.5 Å². The van der Waals surface area contributed by atoms with Gasteiger partial charge in [0.25, 0.3) is 10.0 Å². The van der Waals surface area contributed by atoms with Crippen molar-refractivity contribution in [1.82, 2.24) is 9.88 Å². The van der Waals surface area contributed by atoms with E-state index in [4.69, 9.17) is 11.6 Å². The van der Waals surface area contributed by atoms with Gasteiger partial charge in [0, 0.05) is 31.1 Å². The van der Waals surface area contributed by atoms with Gasteiger partial charge in [0.15, 0.2) is 10.7 Å². The normalized spacial score (nSPS) is 22.3. The van der Waals surface area contributed by atoms with Gasteiger partial charge in [0.2, 0.25) is 5.95 Å². The number of hydrogen-bond donors (Lipinski definition) is 1. The highest BCUT2D eigenvalue weighted by molar-refractivity contribution is 7.92. The van der Waals surface area contributed by atoms with E-state index < -0.39 is 43.3 Å². The number of likely N-dealkylation sites (tertiary alicyclic amines) is 1. The van der Waals surface area contributed by atoms with E-state index in [2.05, 4.69) is 16.9 Å². The highest BCUT2D eigenvalue weighted by Crippen LogP contribution is 2.43. The number of pyridine rings is 1. The number of hydrogen-bond acceptors (Lipinski definition) is 5. The van der Waals surface area contributed by atoms with Crippen LogP contribution < -0.4 is 9.62 Å². The number of benzene rings is 1. The van der Waals surface area contributed by atoms with Crippen LogP contribution in [0.4, 0.5) is 24.7 Å². The van der Waals surface area contributed by atoms with Crippen molar-refractivity contribution in [2.45, 2.75) is 24.2 Å². The summed E-state index contributed by atoms with van der Waals surface area (Å²) in [5, 5.41) is -0.463. The molecule has 0 unspecified atom stereocenters. The van der Waals surface area contributed by atoms with Gasteiger partial charge < -0.3 is 9.80 Å². The molecule has 3 heterocycles. The van der Waals surface area contributed by atoms with Crippen molar-refractivity contribution in [2.75, 3.05) is 42.8 Å². The van der Waals surface area contributed by atoms with Crippen LogP contribution in [0.15, 0.2) is 29.2 Å². The monoisotopic (exact) mass is 474 g/mol. The standard InChI is InChI=1S/C20H22ClF3N4O2S/c1-27-8-3-6-20(11-27)7-9-28(12-20)14-10-13(22)19(18(24)17(14)21)31(29,30)26-16-5-2-4-15(23)25-16/h2,4-5,10H,3,6-9,11-12H2,1H3,(H,25,26)/t20-/m1/s1. The van der Waals surface area contributed by atoms with Crippen molar-refractivity contribution in [2.24, 2.45) is 5.41 Å². The summed E-state index contributed by atoms with van der Waals surface area (Å²) >= 11 is 6.18. The van der Waals surface area contributed by atoms with Crippen LogP contribution in [0.5, 0.6) is 0 Å². The van der Waals surface area contributed by atoms with E-state index in [1.807, 2.05) is 9.62 Å². The summed E-state index contributed by atoms with van der Waals surface area (Å²) in [6.45, 7) is 3.08. The fourth-order valence-corrected chi connectivity index (χ4v) is 6.09. The molecule has 2 fully saturated rings. The van der Waals surface area contributed by atoms with E-state index in [1.54, 1.807) is 0 Å². The lowest BCUT2D eigenvalue weighted by molar-refractivity contribution is 0.128. The van der Waals surface area contributed by atoms with Gasteiger partial charge in [-0.25, -0.2) is 22.2 Å². The first-order valence-electron chi connectivity index (χ1n) is 9.87. The Kier molecular flexibility index (Phi) is 5.82. The van der Waals surface area contributed by atoms with Crippen LogP contribution in [0.25, 0.3) is 0 Å². The van der Waals surface area contributed by atoms with E-state index in [1.165, 1.54) is 6.07 Å². The fraction of sp³-hybridized carbons (Fsp3) is 0.450. The SMILES string of the molecule is CN1CCC[C@@]2(CCN(c3cc(F)c(S(=O)(=O)Nc4cccc(F)n4)c(F)c3Cl)C2)C1. The summed E-state index contributed by atoms with van der Waals surface area (Å²) in [5.41, 5.74) is 0.156. The molecule has 1 spiro atoms. The Balaban J connectivity index is 1.64. The average molecular weight is 475 g/mol. The van der Waals surface area contributed by atoms with Crippen LogP contribution in [0, 0.1) is 23.0 Å². The molecule has 1 atom stereocenters. The van der Waals surface area contributed by atoms with E-state index in [9.17, 15) is 17.2 Å². The molecule has 168 valence electrons. The first kappa shape index (κ1) is 22.2. The zero-order chi connectivity index (χ0) is 22.4. The maximum absolute atomic E-state index is 15.0. The molecule has 1 aromatic heterocycles. The third-order valence-corrected chi connectivity index (χ3v) is 7.70. The van der Waals surface area contributed by atoms with E-state index in [-0.39, 0.29) is 11.1 Å². The molecule has 0 aliphatic carbocycles. The zero-order valence-corrected chi connectivity index (χ0v) is 18.4. The Hall–Kier alpha value is -2.04. The van der Waals surface area contributed by atoms with Crippen LogP contribution >= 0.6 is 11.6 Å². The molecular formula is C20H22ClF3N4O2S. The van der Waals surface area contributed by atoms with Gasteiger partial charge in [-0.05, 0) is 45.0 Å². The third kappa shape index (κ3) is 4.33. The molecule has 0 saturated carbocycles. The minimum absolute atomic E-state index is 0.0264. The Labute approximate surface area is 184 Å². The lowest BCUT2D eigenvalue weighted by atomic mass is 9.79. The molecule has 2 aliphatic rings. The van der Waals surface area contributed by atoms with Gasteiger partial charge >= 0.3 is 0 Å². The van der Waals surface area contributed by atoms with Gasteiger partial charge in [0.1, 0.15) is 16.7 Å². The highest BCUT2D eigenvalue weighted by atomic mass is 35.5. The number of piperidine rings is 1. The molecule has 6 nitrogen and oxygen atoms in total. The Morgan fingerprint density at radius 2 is 1.94 bits per heavy atom. The van der Waals surface area contributed by atoms with Gasteiger partial charge in [-0.3, -0.25) is 4.72 Å². The number of rotatable bonds is 4. The van der Waals surface area contributed by atoms with Crippen LogP contribution in [-0.4, -0.2) is 51.5 Å². The smallest absolute Gasteiger partial charge is 0.268 e. The average Bonchev–Trinajstić information content (AvgIpc) is 3.06. The molecule has 11 heteroatoms. The quantitative estimate of drug-likeness (QED) is 0.538. The number of halogens is 4. The van der Waals surface area contributed by atoms with Gasteiger partial charge in [-0.15, -0.1) is 0 Å². The van der Waals surface area contributed by atoms with Crippen molar-refractivity contribution in [3.05, 3.63) is 46.9 Å². The number of nitrogens with one attached hydrogen (secondary N) is 1. The van der Waals surface area contributed by atoms with Crippen LogP contribution in [0.2, 0.25) is 5.02 Å². The second kappa shape index (κ2) is 8.14. The van der Waals surface area contributed by atoms with Crippen molar-refractivity contribution < 1.29 is 21.6 Å². The van der Waals surface area contributed by atoms with Gasteiger partial charge in [-0.2, -0.15) is 4.39 Å². The Bertz CT molecular complexity index is 1120. The first-order valence-corrected chi connectivity index (χ1v) is 11.7. The largest absolute Gasteiger partial charge is 0.370 e. The zero-order valence-electron chi connectivity index (χ0n) is 16.8. The summed E-state index contributed by atoms with van der Waals surface area (Å²) in [6, 6.07) is 4.34. The van der Waals surface area contributed by atoms with Crippen molar-refractivity contribution in [3.63, 3.8) is 0 Å². The molecule has 1 N–H and O–H groups in total. The number of aromatic nitrogens is 1. The Morgan fingerprint density at radius 1 is 1.16 bits per heavy atom. The summed E-state index contributed by atoms with van der Waals surface area (Å²) in [7, 11) is -2.68. The van der Waals surface area contributed by atoms with Crippen molar-refractivity contribution >= 4 is 33.1 Å². The highest BCUT2D eigenvalue weighted by Gasteiger charge is 2.42. The molecule has 0 radical (unpaired) electrons. The molecule has 4 rings (SSSR count). The van der Waals surface area contributed by atoms with Gasteiger partial charge in [-0.1, -0.05) is 17.7 Å². The summed E-state index contributed by atoms with van der Waals surface area (Å²) in [6.07, 6.45) is 2.94. The van der Waals surface area contributed by atoms with Crippen LogP contribution in [-0.2, 0) is 10.0 Å². The number of nitrogens with zero attached hydrogens (tertiary/aromatic N) is 3. The minimum Gasteiger partial charge on any atom is -0.370 e. The third-order valence-electron chi connectivity index (χ3n) is 5.95. The predicted octanol–water partition coefficient (Wildman–Crippen LogP) is 3.88. The van der Waals surface area contributed by atoms with E-state index in [0.29, 0.717) is 13.1 Å². The lowest BCUT2D eigenvalue weighted by Crippen LogP contribution is -2.43. The second-order valence-corrected chi connectivity index (χ2v) is 10.3. The maximum Gasteiger partial charge on any atom is 0.268 e. The number of sulfonamides is 1. The molecule has 0 bridgehead atoms. The lowest BCUT2D eigenvalue weighted by Gasteiger charge is -2.38. The van der Waals surface area contributed by atoms with Crippen LogP contribution in [0.1, 0.15) is 19.3 Å². The summed E-state index contributed by atoms with van der Waals surface area (Å²) in [5.74, 6) is -4.00. The summed E-state index contributed by atoms with van der Waals surface area (Å²) in [4.78, 5) is 6.19. The molecule has 2 aromatic rings. The maximum atomic E-state index is 15.0. The molecule has 2 saturated heterocycles. The molecular weight excluding hydrogens is 453 g/mol. The molecule has 1 aromatic carbocycles. The second-order valence-electron chi connectivity index (χ2n) is 8.30. The molecule has 2 aliphatic heterocycles. The van der Waals surface area contributed by atoms with Gasteiger partial charge in [0.05, 0.1) is 5.69 Å². The van der Waals surface area contributed by atoms with E-state index >= 15 is 4.39 Å². The fourth-order valence-electron chi connectivity index (χ4n) is 4.62. The first-order chi connectivity index (χ1) is 14.6. The Morgan fingerprint density at radius 3 is 2.65 bits per heavy atom. The summed E-state index contributed by atoms with van der Waals surface area (Å²) < 4.78 is 70.2. The van der Waals surface area contributed by atoms with Crippen LogP contribution in [0.3, 0.4) is 0 Å².